The molecule has 2 aliphatic heterocycles. The molecule has 0 unspecified atom stereocenters. The molecular weight excluding hydrogens is 541 g/mol. The second-order valence-corrected chi connectivity index (χ2v) is 11.6. The number of carbonyl (C=O) groups is 3. The highest BCUT2D eigenvalue weighted by molar-refractivity contribution is 5.90. The number of nitrogens with zero attached hydrogens (tertiary/aromatic N) is 3. The molecule has 2 saturated heterocycles. The standard InChI is InChI=1S/C29H29F3N4O5/c1-15(37)34-10-18-11-36(27(39)40-18)17-5-6-19(22(30)9-17)16-7-23(31)25(24(32)8-16)29(14-33)20-12-35(13-21(20)29)26(38)41-28(2,3)4/h5-9,18,20-21H,10-13H2,1-4H3,(H,34,37)/t18-,20-,21+,29+/m0/s1. The molecular formula is C29H29F3N4O5. The van der Waals surface area contributed by atoms with Crippen LogP contribution in [0.2, 0.25) is 0 Å². The van der Waals surface area contributed by atoms with E-state index in [0.29, 0.717) is 0 Å². The number of fused-ring (bicyclic) bond motifs is 1. The van der Waals surface area contributed by atoms with Gasteiger partial charge in [-0.3, -0.25) is 9.69 Å². The first-order valence-corrected chi connectivity index (χ1v) is 13.2. The Hall–Kier alpha value is -4.27. The summed E-state index contributed by atoms with van der Waals surface area (Å²) in [6, 6.07) is 7.86. The predicted octanol–water partition coefficient (Wildman–Crippen LogP) is 4.49. The normalized spacial score (nSPS) is 24.9. The number of hydrogen-bond acceptors (Lipinski definition) is 6. The molecule has 216 valence electrons. The maximum absolute atomic E-state index is 15.5. The number of amides is 3. The van der Waals surface area contributed by atoms with E-state index in [-0.39, 0.29) is 54.5 Å². The van der Waals surface area contributed by atoms with Crippen molar-refractivity contribution in [3.63, 3.8) is 0 Å². The maximum atomic E-state index is 15.5. The Balaban J connectivity index is 1.34. The topological polar surface area (TPSA) is 112 Å². The minimum atomic E-state index is -1.43. The average molecular weight is 571 g/mol. The number of piperidine rings is 1. The molecule has 2 aromatic rings. The van der Waals surface area contributed by atoms with E-state index in [1.54, 1.807) is 20.8 Å². The van der Waals surface area contributed by atoms with Crippen molar-refractivity contribution in [2.45, 2.75) is 44.8 Å². The summed E-state index contributed by atoms with van der Waals surface area (Å²) in [5, 5.41) is 12.6. The minimum absolute atomic E-state index is 0.0744. The molecule has 3 aliphatic rings. The number of anilines is 1. The molecule has 1 N–H and O–H groups in total. The van der Waals surface area contributed by atoms with E-state index >= 15 is 13.2 Å². The lowest BCUT2D eigenvalue weighted by Crippen LogP contribution is -2.39. The molecule has 12 heteroatoms. The van der Waals surface area contributed by atoms with Gasteiger partial charge in [0.25, 0.3) is 0 Å². The lowest BCUT2D eigenvalue weighted by molar-refractivity contribution is -0.119. The van der Waals surface area contributed by atoms with Gasteiger partial charge in [0.05, 0.1) is 30.3 Å². The first kappa shape index (κ1) is 28.3. The molecule has 0 radical (unpaired) electrons. The number of nitrogens with one attached hydrogen (secondary N) is 1. The summed E-state index contributed by atoms with van der Waals surface area (Å²) in [4.78, 5) is 38.4. The van der Waals surface area contributed by atoms with Gasteiger partial charge in [-0.15, -0.1) is 0 Å². The van der Waals surface area contributed by atoms with Crippen LogP contribution in [0.4, 0.5) is 28.4 Å². The van der Waals surface area contributed by atoms with Crippen LogP contribution in [0.25, 0.3) is 11.1 Å². The van der Waals surface area contributed by atoms with Gasteiger partial charge >= 0.3 is 12.2 Å². The Kier molecular flexibility index (Phi) is 6.88. The third kappa shape index (κ3) is 5.05. The van der Waals surface area contributed by atoms with E-state index < -0.39 is 58.6 Å². The maximum Gasteiger partial charge on any atom is 0.414 e. The number of carbonyl (C=O) groups excluding carboxylic acids is 3. The van der Waals surface area contributed by atoms with Crippen LogP contribution in [0, 0.1) is 40.6 Å². The molecule has 41 heavy (non-hydrogen) atoms. The number of cyclic esters (lactones) is 1. The largest absolute Gasteiger partial charge is 0.444 e. The number of hydrogen-bond donors (Lipinski definition) is 1. The van der Waals surface area contributed by atoms with Crippen molar-refractivity contribution in [3.05, 3.63) is 53.3 Å². The molecule has 2 aromatic carbocycles. The number of benzene rings is 2. The average Bonchev–Trinajstić information content (AvgIpc) is 3.17. The first-order valence-electron chi connectivity index (χ1n) is 13.2. The van der Waals surface area contributed by atoms with E-state index in [0.717, 1.165) is 18.2 Å². The molecule has 0 bridgehead atoms. The summed E-state index contributed by atoms with van der Waals surface area (Å²) in [5.41, 5.74) is -2.51. The molecule has 0 aromatic heterocycles. The van der Waals surface area contributed by atoms with E-state index in [4.69, 9.17) is 9.47 Å². The lowest BCUT2D eigenvalue weighted by atomic mass is 9.88. The quantitative estimate of drug-likeness (QED) is 0.567. The third-order valence-corrected chi connectivity index (χ3v) is 7.70. The number of ether oxygens (including phenoxy) is 2. The van der Waals surface area contributed by atoms with Crippen LogP contribution < -0.4 is 10.2 Å². The van der Waals surface area contributed by atoms with Gasteiger partial charge in [-0.05, 0) is 56.7 Å². The van der Waals surface area contributed by atoms with E-state index in [2.05, 4.69) is 11.4 Å². The summed E-state index contributed by atoms with van der Waals surface area (Å²) < 4.78 is 56.7. The molecule has 5 rings (SSSR count). The monoisotopic (exact) mass is 570 g/mol. The van der Waals surface area contributed by atoms with Crippen LogP contribution in [0.15, 0.2) is 30.3 Å². The van der Waals surface area contributed by atoms with Crippen LogP contribution in [-0.2, 0) is 19.7 Å². The van der Waals surface area contributed by atoms with Crippen molar-refractivity contribution in [1.82, 2.24) is 10.2 Å². The molecule has 3 amide bonds. The minimum Gasteiger partial charge on any atom is -0.444 e. The smallest absolute Gasteiger partial charge is 0.414 e. The Morgan fingerprint density at radius 3 is 2.27 bits per heavy atom. The summed E-state index contributed by atoms with van der Waals surface area (Å²) >= 11 is 0. The molecule has 2 heterocycles. The van der Waals surface area contributed by atoms with Crippen molar-refractivity contribution in [3.8, 4) is 17.2 Å². The molecule has 0 spiro atoms. The van der Waals surface area contributed by atoms with Crippen LogP contribution in [-0.4, -0.2) is 60.9 Å². The lowest BCUT2D eigenvalue weighted by Gasteiger charge is -2.27. The Bertz CT molecular complexity index is 1450. The van der Waals surface area contributed by atoms with Crippen LogP contribution in [0.3, 0.4) is 0 Å². The number of likely N-dealkylation sites (tertiary alicyclic amines) is 1. The number of halogens is 3. The molecule has 1 saturated carbocycles. The zero-order valence-electron chi connectivity index (χ0n) is 23.0. The zero-order valence-corrected chi connectivity index (χ0v) is 23.0. The van der Waals surface area contributed by atoms with E-state index in [1.807, 2.05) is 0 Å². The zero-order chi connectivity index (χ0) is 29.9. The van der Waals surface area contributed by atoms with Gasteiger partial charge in [-0.2, -0.15) is 5.26 Å². The van der Waals surface area contributed by atoms with Gasteiger partial charge in [0, 0.05) is 43.0 Å². The summed E-state index contributed by atoms with van der Waals surface area (Å²) in [5.74, 6) is -3.98. The van der Waals surface area contributed by atoms with Crippen molar-refractivity contribution in [1.29, 1.82) is 5.26 Å². The SMILES string of the molecule is CC(=O)NC[C@H]1CN(c2ccc(-c3cc(F)c([C@@]4(C#N)[C@@H]5CN(C(=O)OC(C)(C)C)C[C@@H]54)c(F)c3)c(F)c2)C(=O)O1. The van der Waals surface area contributed by atoms with Gasteiger partial charge < -0.3 is 19.7 Å². The fourth-order valence-corrected chi connectivity index (χ4v) is 5.82. The van der Waals surface area contributed by atoms with Gasteiger partial charge in [0.1, 0.15) is 29.2 Å². The second kappa shape index (κ2) is 9.98. The Morgan fingerprint density at radius 1 is 1.10 bits per heavy atom. The second-order valence-electron chi connectivity index (χ2n) is 11.6. The van der Waals surface area contributed by atoms with Crippen LogP contribution in [0.5, 0.6) is 0 Å². The van der Waals surface area contributed by atoms with E-state index in [1.165, 1.54) is 28.9 Å². The Labute approximate surface area is 234 Å². The van der Waals surface area contributed by atoms with Crippen LogP contribution >= 0.6 is 0 Å². The summed E-state index contributed by atoms with van der Waals surface area (Å²) in [7, 11) is 0. The van der Waals surface area contributed by atoms with Crippen LogP contribution in [0.1, 0.15) is 33.3 Å². The number of rotatable bonds is 5. The molecule has 3 fully saturated rings. The van der Waals surface area contributed by atoms with Crippen molar-refractivity contribution >= 4 is 23.8 Å². The highest BCUT2D eigenvalue weighted by Gasteiger charge is 2.72. The third-order valence-electron chi connectivity index (χ3n) is 7.70. The van der Waals surface area contributed by atoms with Gasteiger partial charge in [-0.25, -0.2) is 22.8 Å². The van der Waals surface area contributed by atoms with Crippen molar-refractivity contribution < 1.29 is 37.0 Å². The van der Waals surface area contributed by atoms with Gasteiger partial charge in [-0.1, -0.05) is 0 Å². The summed E-state index contributed by atoms with van der Waals surface area (Å²) in [6.07, 6.45) is -1.87. The summed E-state index contributed by atoms with van der Waals surface area (Å²) in [6.45, 7) is 6.98. The molecule has 9 nitrogen and oxygen atoms in total. The Morgan fingerprint density at radius 2 is 1.73 bits per heavy atom. The fourth-order valence-electron chi connectivity index (χ4n) is 5.82. The predicted molar refractivity (Wildman–Crippen MR) is 140 cm³/mol. The molecule has 4 atom stereocenters. The molecule has 1 aliphatic carbocycles. The van der Waals surface area contributed by atoms with Crippen molar-refractivity contribution in [2.24, 2.45) is 11.8 Å². The van der Waals surface area contributed by atoms with E-state index in [9.17, 15) is 19.6 Å². The highest BCUT2D eigenvalue weighted by atomic mass is 19.1. The van der Waals surface area contributed by atoms with Gasteiger partial charge in [0.2, 0.25) is 5.91 Å². The fraction of sp³-hybridized carbons (Fsp3) is 0.448. The first-order chi connectivity index (χ1) is 19.2. The highest BCUT2D eigenvalue weighted by Crippen LogP contribution is 2.64. The van der Waals surface area contributed by atoms with Gasteiger partial charge in [0.15, 0.2) is 0 Å². The number of nitriles is 1. The van der Waals surface area contributed by atoms with Crippen molar-refractivity contribution in [2.75, 3.05) is 31.1 Å².